The minimum Gasteiger partial charge on any atom is -0.492 e. The highest BCUT2D eigenvalue weighted by atomic mass is 16.7. The second-order valence-corrected chi connectivity index (χ2v) is 7.32. The smallest absolute Gasteiger partial charge is 0.231 e. The molecule has 0 radical (unpaired) electrons. The molecule has 0 fully saturated rings. The fraction of sp³-hybridized carbons (Fsp3) is 0.333. The molecule has 6 nitrogen and oxygen atoms in total. The van der Waals surface area contributed by atoms with E-state index >= 15 is 0 Å². The molecule has 2 aromatic rings. The molecule has 6 rings (SSSR count). The molecule has 0 saturated carbocycles. The topological polar surface area (TPSA) is 66.4 Å². The van der Waals surface area contributed by atoms with Crippen LogP contribution in [0.3, 0.4) is 0 Å². The highest BCUT2D eigenvalue weighted by Gasteiger charge is 2.43. The van der Waals surface area contributed by atoms with Crippen LogP contribution in [0.15, 0.2) is 36.4 Å². The first kappa shape index (κ1) is 15.2. The molecule has 0 aliphatic carbocycles. The Bertz CT molecular complexity index is 981. The summed E-state index contributed by atoms with van der Waals surface area (Å²) < 4.78 is 29.3. The molecule has 0 aromatic heterocycles. The highest BCUT2D eigenvalue weighted by molar-refractivity contribution is 5.59. The van der Waals surface area contributed by atoms with Crippen molar-refractivity contribution in [2.24, 2.45) is 0 Å². The van der Waals surface area contributed by atoms with Crippen molar-refractivity contribution >= 4 is 0 Å². The van der Waals surface area contributed by atoms with Crippen LogP contribution in [-0.4, -0.2) is 31.2 Å². The Balaban J connectivity index is 1.37. The molecule has 0 saturated heterocycles. The van der Waals surface area contributed by atoms with E-state index in [0.717, 1.165) is 45.4 Å². The first-order valence-electron chi connectivity index (χ1n) is 9.06. The molecule has 3 atom stereocenters. The van der Waals surface area contributed by atoms with E-state index in [4.69, 9.17) is 23.7 Å². The lowest BCUT2D eigenvalue weighted by atomic mass is 9.88. The Morgan fingerprint density at radius 2 is 1.74 bits per heavy atom. The molecule has 0 unspecified atom stereocenters. The average molecular weight is 366 g/mol. The number of ether oxygens (including phenoxy) is 5. The van der Waals surface area contributed by atoms with Crippen molar-refractivity contribution in [1.29, 1.82) is 0 Å². The van der Waals surface area contributed by atoms with Crippen LogP contribution in [-0.2, 0) is 6.42 Å². The number of hydrogen-bond acceptors (Lipinski definition) is 6. The van der Waals surface area contributed by atoms with Crippen LogP contribution >= 0.6 is 0 Å². The van der Waals surface area contributed by atoms with Gasteiger partial charge in [-0.3, -0.25) is 0 Å². The monoisotopic (exact) mass is 366 g/mol. The SMILES string of the molecule is C=C(CO)[C@H]1Cc2cc3c(cc2O1)OC[C@H]1c2cc4c(cc2O[C@@H]31)OCO4. The maximum atomic E-state index is 9.33. The molecule has 2 aromatic carbocycles. The van der Waals surface area contributed by atoms with Gasteiger partial charge in [-0.15, -0.1) is 0 Å². The van der Waals surface area contributed by atoms with Gasteiger partial charge in [-0.25, -0.2) is 0 Å². The summed E-state index contributed by atoms with van der Waals surface area (Å²) in [4.78, 5) is 0. The highest BCUT2D eigenvalue weighted by Crippen LogP contribution is 2.55. The van der Waals surface area contributed by atoms with E-state index in [1.54, 1.807) is 0 Å². The van der Waals surface area contributed by atoms with E-state index in [-0.39, 0.29) is 31.5 Å². The van der Waals surface area contributed by atoms with Gasteiger partial charge in [0, 0.05) is 29.7 Å². The number of rotatable bonds is 2. The minimum absolute atomic E-state index is 0.0766. The maximum Gasteiger partial charge on any atom is 0.231 e. The normalized spacial score (nSPS) is 25.4. The number of aliphatic hydroxyl groups excluding tert-OH is 1. The van der Waals surface area contributed by atoms with Crippen LogP contribution in [0.2, 0.25) is 0 Å². The summed E-state index contributed by atoms with van der Waals surface area (Å²) >= 11 is 0. The minimum atomic E-state index is -0.191. The van der Waals surface area contributed by atoms with Gasteiger partial charge in [-0.05, 0) is 23.3 Å². The van der Waals surface area contributed by atoms with Crippen LogP contribution in [0.1, 0.15) is 28.7 Å². The van der Waals surface area contributed by atoms with E-state index in [1.807, 2.05) is 18.2 Å². The lowest BCUT2D eigenvalue weighted by molar-refractivity contribution is 0.138. The summed E-state index contributed by atoms with van der Waals surface area (Å²) in [6.07, 6.45) is 0.405. The average Bonchev–Trinajstić information content (AvgIpc) is 3.39. The largest absolute Gasteiger partial charge is 0.492 e. The zero-order valence-corrected chi connectivity index (χ0v) is 14.6. The van der Waals surface area contributed by atoms with Crippen LogP contribution in [0, 0.1) is 0 Å². The van der Waals surface area contributed by atoms with Gasteiger partial charge >= 0.3 is 0 Å². The Morgan fingerprint density at radius 3 is 2.59 bits per heavy atom. The fourth-order valence-electron chi connectivity index (χ4n) is 4.32. The molecule has 4 heterocycles. The third kappa shape index (κ3) is 2.10. The first-order valence-corrected chi connectivity index (χ1v) is 9.06. The molecule has 4 aliphatic heterocycles. The molecule has 27 heavy (non-hydrogen) atoms. The van der Waals surface area contributed by atoms with E-state index in [2.05, 4.69) is 12.6 Å². The predicted molar refractivity (Wildman–Crippen MR) is 95.0 cm³/mol. The summed E-state index contributed by atoms with van der Waals surface area (Å²) in [6, 6.07) is 7.96. The Kier molecular flexibility index (Phi) is 3.00. The summed E-state index contributed by atoms with van der Waals surface area (Å²) in [5.41, 5.74) is 3.90. The van der Waals surface area contributed by atoms with E-state index in [1.165, 1.54) is 0 Å². The Morgan fingerprint density at radius 1 is 0.926 bits per heavy atom. The quantitative estimate of drug-likeness (QED) is 0.825. The first-order chi connectivity index (χ1) is 13.2. The van der Waals surface area contributed by atoms with Gasteiger partial charge in [0.25, 0.3) is 0 Å². The van der Waals surface area contributed by atoms with Crippen molar-refractivity contribution in [2.45, 2.75) is 24.5 Å². The van der Waals surface area contributed by atoms with Gasteiger partial charge in [0.15, 0.2) is 11.5 Å². The summed E-state index contributed by atoms with van der Waals surface area (Å²) in [5, 5.41) is 9.33. The third-order valence-corrected chi connectivity index (χ3v) is 5.77. The zero-order valence-electron chi connectivity index (χ0n) is 14.6. The number of hydrogen-bond donors (Lipinski definition) is 1. The van der Waals surface area contributed by atoms with Crippen LogP contribution in [0.5, 0.6) is 28.7 Å². The lowest BCUT2D eigenvalue weighted by Crippen LogP contribution is -2.23. The van der Waals surface area contributed by atoms with E-state index in [9.17, 15) is 5.11 Å². The molecule has 6 heteroatoms. The van der Waals surface area contributed by atoms with Gasteiger partial charge in [0.1, 0.15) is 29.5 Å². The van der Waals surface area contributed by atoms with Gasteiger partial charge in [0.05, 0.1) is 19.1 Å². The van der Waals surface area contributed by atoms with E-state index < -0.39 is 0 Å². The van der Waals surface area contributed by atoms with Crippen molar-refractivity contribution in [3.63, 3.8) is 0 Å². The number of aliphatic hydroxyl groups is 1. The predicted octanol–water partition coefficient (Wildman–Crippen LogP) is 2.88. The van der Waals surface area contributed by atoms with Crippen molar-refractivity contribution in [3.8, 4) is 28.7 Å². The van der Waals surface area contributed by atoms with Gasteiger partial charge in [-0.2, -0.15) is 0 Å². The summed E-state index contributed by atoms with van der Waals surface area (Å²) in [5.74, 6) is 4.01. The van der Waals surface area contributed by atoms with Crippen LogP contribution in [0.25, 0.3) is 0 Å². The molecule has 0 amide bonds. The number of benzene rings is 2. The summed E-state index contributed by atoms with van der Waals surface area (Å²) in [6.45, 7) is 4.60. The van der Waals surface area contributed by atoms with Crippen molar-refractivity contribution in [2.75, 3.05) is 20.0 Å². The molecule has 0 spiro atoms. The van der Waals surface area contributed by atoms with Crippen molar-refractivity contribution in [3.05, 3.63) is 53.1 Å². The standard InChI is InChI=1S/C21H18O6/c1-10(7-22)15-3-11-2-13-17(5-16(11)26-15)23-8-14-12-4-19-20(25-9-24-19)6-18(12)27-21(13)14/h2,4-6,14-15,21-22H,1,3,7-9H2/t14-,15+,21-/m0/s1. The van der Waals surface area contributed by atoms with Crippen LogP contribution < -0.4 is 23.7 Å². The van der Waals surface area contributed by atoms with Crippen molar-refractivity contribution in [1.82, 2.24) is 0 Å². The van der Waals surface area contributed by atoms with E-state index in [0.29, 0.717) is 18.6 Å². The lowest BCUT2D eigenvalue weighted by Gasteiger charge is -2.28. The molecule has 1 N–H and O–H groups in total. The molecule has 138 valence electrons. The molecule has 4 aliphatic rings. The van der Waals surface area contributed by atoms with Crippen LogP contribution in [0.4, 0.5) is 0 Å². The number of fused-ring (bicyclic) bond motifs is 7. The molecular formula is C21H18O6. The van der Waals surface area contributed by atoms with Crippen molar-refractivity contribution < 1.29 is 28.8 Å². The summed E-state index contributed by atoms with van der Waals surface area (Å²) in [7, 11) is 0. The Labute approximate surface area is 155 Å². The third-order valence-electron chi connectivity index (χ3n) is 5.77. The second kappa shape index (κ2) is 5.33. The maximum absolute atomic E-state index is 9.33. The van der Waals surface area contributed by atoms with Gasteiger partial charge in [0.2, 0.25) is 6.79 Å². The zero-order chi connectivity index (χ0) is 18.1. The fourth-order valence-corrected chi connectivity index (χ4v) is 4.32. The molecular weight excluding hydrogens is 348 g/mol. The molecule has 0 bridgehead atoms. The Hall–Kier alpha value is -2.86. The second-order valence-electron chi connectivity index (χ2n) is 7.32. The van der Waals surface area contributed by atoms with Gasteiger partial charge in [-0.1, -0.05) is 6.58 Å². The van der Waals surface area contributed by atoms with Gasteiger partial charge < -0.3 is 28.8 Å².